The van der Waals surface area contributed by atoms with Gasteiger partial charge in [-0.15, -0.1) is 0 Å². The predicted molar refractivity (Wildman–Crippen MR) is 101 cm³/mol. The van der Waals surface area contributed by atoms with E-state index in [1.54, 1.807) is 6.07 Å². The Kier molecular flexibility index (Phi) is 3.90. The number of pyridine rings is 1. The molecule has 1 aromatic carbocycles. The lowest BCUT2D eigenvalue weighted by molar-refractivity contribution is -0.383. The molecule has 0 spiro atoms. The second kappa shape index (κ2) is 6.57. The highest BCUT2D eigenvalue weighted by Crippen LogP contribution is 2.31. The van der Waals surface area contributed by atoms with Crippen molar-refractivity contribution in [3.63, 3.8) is 0 Å². The molecule has 0 radical (unpaired) electrons. The summed E-state index contributed by atoms with van der Waals surface area (Å²) in [5.74, 6) is 0. The van der Waals surface area contributed by atoms with Gasteiger partial charge in [0.15, 0.2) is 5.52 Å². The van der Waals surface area contributed by atoms with E-state index in [0.717, 1.165) is 49.8 Å². The number of nitrogens with zero attached hydrogens (tertiary/aromatic N) is 7. The predicted octanol–water partition coefficient (Wildman–Crippen LogP) is 2.10. The summed E-state index contributed by atoms with van der Waals surface area (Å²) in [7, 11) is 0. The number of nitro groups is 1. The molecule has 0 saturated carbocycles. The highest BCUT2D eigenvalue weighted by molar-refractivity contribution is 5.93. The van der Waals surface area contributed by atoms with Crippen molar-refractivity contribution in [2.45, 2.75) is 6.54 Å². The first-order valence-electron chi connectivity index (χ1n) is 8.98. The summed E-state index contributed by atoms with van der Waals surface area (Å²) in [5, 5.41) is 18.8. The van der Waals surface area contributed by atoms with Gasteiger partial charge in [0.2, 0.25) is 5.52 Å². The Balaban J connectivity index is 1.31. The van der Waals surface area contributed by atoms with Gasteiger partial charge in [0.1, 0.15) is 5.65 Å². The molecular weight excluding hydrogens is 362 g/mol. The fourth-order valence-corrected chi connectivity index (χ4v) is 3.68. The van der Waals surface area contributed by atoms with E-state index in [0.29, 0.717) is 5.52 Å². The molecule has 5 rings (SSSR count). The third-order valence-corrected chi connectivity index (χ3v) is 5.08. The van der Waals surface area contributed by atoms with E-state index in [1.807, 2.05) is 28.8 Å². The van der Waals surface area contributed by atoms with E-state index < -0.39 is 4.92 Å². The molecule has 0 bridgehead atoms. The molecule has 28 heavy (non-hydrogen) atoms. The Morgan fingerprint density at radius 2 is 1.89 bits per heavy atom. The van der Waals surface area contributed by atoms with E-state index in [9.17, 15) is 10.1 Å². The fourth-order valence-electron chi connectivity index (χ4n) is 3.68. The topological polar surface area (TPSA) is 106 Å². The lowest BCUT2D eigenvalue weighted by Crippen LogP contribution is -2.46. The Labute approximate surface area is 159 Å². The van der Waals surface area contributed by atoms with Crippen molar-refractivity contribution in [1.29, 1.82) is 0 Å². The zero-order valence-electron chi connectivity index (χ0n) is 14.9. The average Bonchev–Trinajstić information content (AvgIpc) is 3.34. The van der Waals surface area contributed by atoms with E-state index in [4.69, 9.17) is 4.63 Å². The van der Waals surface area contributed by atoms with Gasteiger partial charge in [-0.25, -0.2) is 9.61 Å². The Hall–Kier alpha value is -3.53. The minimum atomic E-state index is -0.469. The number of imidazole rings is 1. The van der Waals surface area contributed by atoms with Crippen molar-refractivity contribution in [1.82, 2.24) is 24.6 Å². The molecule has 1 aliphatic rings. The summed E-state index contributed by atoms with van der Waals surface area (Å²) in [4.78, 5) is 19.9. The number of aromatic nitrogens is 4. The third kappa shape index (κ3) is 2.83. The molecule has 4 aromatic rings. The lowest BCUT2D eigenvalue weighted by Gasteiger charge is -2.35. The van der Waals surface area contributed by atoms with Crippen LogP contribution in [0.1, 0.15) is 5.69 Å². The first-order valence-corrected chi connectivity index (χ1v) is 8.98. The molecule has 0 amide bonds. The first-order chi connectivity index (χ1) is 13.7. The summed E-state index contributed by atoms with van der Waals surface area (Å²) in [6.07, 6.45) is 4.05. The first kappa shape index (κ1) is 16.6. The maximum absolute atomic E-state index is 11.1. The molecule has 10 nitrogen and oxygen atoms in total. The van der Waals surface area contributed by atoms with Crippen LogP contribution in [0.5, 0.6) is 0 Å². The molecule has 1 saturated heterocycles. The van der Waals surface area contributed by atoms with Crippen molar-refractivity contribution in [3.8, 4) is 0 Å². The Bertz CT molecular complexity index is 1130. The quantitative estimate of drug-likeness (QED) is 0.392. The number of hydrogen-bond acceptors (Lipinski definition) is 8. The van der Waals surface area contributed by atoms with Crippen LogP contribution < -0.4 is 4.90 Å². The number of anilines is 1. The van der Waals surface area contributed by atoms with Gasteiger partial charge in [0.25, 0.3) is 0 Å². The number of nitro benzene ring substituents is 1. The molecular formula is C18H17N7O3. The van der Waals surface area contributed by atoms with Crippen LogP contribution in [0.3, 0.4) is 0 Å². The number of fused-ring (bicyclic) bond motifs is 2. The van der Waals surface area contributed by atoms with Gasteiger partial charge in [-0.3, -0.25) is 15.0 Å². The van der Waals surface area contributed by atoms with Crippen LogP contribution in [0.15, 0.2) is 47.4 Å². The van der Waals surface area contributed by atoms with Crippen LogP contribution in [0.2, 0.25) is 0 Å². The maximum Gasteiger partial charge on any atom is 0.300 e. The molecule has 142 valence electrons. The van der Waals surface area contributed by atoms with Crippen molar-refractivity contribution >= 4 is 28.1 Å². The third-order valence-electron chi connectivity index (χ3n) is 5.08. The van der Waals surface area contributed by atoms with Crippen LogP contribution in [-0.4, -0.2) is 55.7 Å². The monoisotopic (exact) mass is 379 g/mol. The van der Waals surface area contributed by atoms with Gasteiger partial charge < -0.3 is 9.30 Å². The van der Waals surface area contributed by atoms with Crippen LogP contribution in [-0.2, 0) is 6.54 Å². The molecule has 10 heteroatoms. The van der Waals surface area contributed by atoms with Crippen molar-refractivity contribution in [2.75, 3.05) is 31.1 Å². The van der Waals surface area contributed by atoms with Gasteiger partial charge in [0, 0.05) is 51.2 Å². The van der Waals surface area contributed by atoms with Crippen LogP contribution in [0.25, 0.3) is 16.7 Å². The second-order valence-corrected chi connectivity index (χ2v) is 6.78. The molecule has 0 atom stereocenters. The highest BCUT2D eigenvalue weighted by Gasteiger charge is 2.25. The number of hydrogen-bond donors (Lipinski definition) is 0. The van der Waals surface area contributed by atoms with Gasteiger partial charge in [-0.05, 0) is 28.5 Å². The number of piperazine rings is 1. The van der Waals surface area contributed by atoms with Gasteiger partial charge >= 0.3 is 5.69 Å². The van der Waals surface area contributed by atoms with Crippen LogP contribution >= 0.6 is 0 Å². The summed E-state index contributed by atoms with van der Waals surface area (Å²) in [6.45, 7) is 4.08. The standard InChI is InChI=1S/C18H17N7O3/c26-25(27)15-5-4-14(17-18(15)21-28-20-17)23-9-7-22(8-10-23)11-13-12-24-6-2-1-3-16(24)19-13/h1-6,12H,7-11H2. The second-order valence-electron chi connectivity index (χ2n) is 6.78. The number of rotatable bonds is 4. The molecule has 1 fully saturated rings. The van der Waals surface area contributed by atoms with Gasteiger partial charge in [-0.1, -0.05) is 6.07 Å². The molecule has 4 heterocycles. The van der Waals surface area contributed by atoms with Crippen molar-refractivity contribution in [2.24, 2.45) is 0 Å². The number of benzene rings is 1. The van der Waals surface area contributed by atoms with Gasteiger partial charge in [0.05, 0.1) is 16.3 Å². The van der Waals surface area contributed by atoms with E-state index in [-0.39, 0.29) is 11.2 Å². The minimum Gasteiger partial charge on any atom is -0.367 e. The van der Waals surface area contributed by atoms with Crippen molar-refractivity contribution in [3.05, 3.63) is 58.5 Å². The van der Waals surface area contributed by atoms with E-state index in [1.165, 1.54) is 6.07 Å². The molecule has 1 aliphatic heterocycles. The number of non-ortho nitro benzene ring substituents is 1. The molecule has 0 N–H and O–H groups in total. The summed E-state index contributed by atoms with van der Waals surface area (Å²) in [5.41, 5.74) is 3.33. The summed E-state index contributed by atoms with van der Waals surface area (Å²) >= 11 is 0. The highest BCUT2D eigenvalue weighted by atomic mass is 16.6. The lowest BCUT2D eigenvalue weighted by atomic mass is 10.2. The zero-order valence-corrected chi connectivity index (χ0v) is 14.9. The smallest absolute Gasteiger partial charge is 0.300 e. The van der Waals surface area contributed by atoms with E-state index in [2.05, 4.69) is 31.3 Å². The Morgan fingerprint density at radius 1 is 1.07 bits per heavy atom. The van der Waals surface area contributed by atoms with Gasteiger partial charge in [-0.2, -0.15) is 0 Å². The SMILES string of the molecule is O=[N+]([O-])c1ccc(N2CCN(Cc3cn4ccccc4n3)CC2)c2nonc12. The maximum atomic E-state index is 11.1. The summed E-state index contributed by atoms with van der Waals surface area (Å²) < 4.78 is 6.79. The van der Waals surface area contributed by atoms with Crippen LogP contribution in [0.4, 0.5) is 11.4 Å². The summed E-state index contributed by atoms with van der Waals surface area (Å²) in [6, 6.07) is 9.15. The Morgan fingerprint density at radius 3 is 2.68 bits per heavy atom. The van der Waals surface area contributed by atoms with Crippen LogP contribution in [0, 0.1) is 10.1 Å². The fraction of sp³-hybridized carbons (Fsp3) is 0.278. The van der Waals surface area contributed by atoms with E-state index >= 15 is 0 Å². The molecule has 3 aromatic heterocycles. The molecule has 0 aliphatic carbocycles. The normalized spacial score (nSPS) is 15.5. The average molecular weight is 379 g/mol. The molecule has 0 unspecified atom stereocenters. The van der Waals surface area contributed by atoms with Crippen molar-refractivity contribution < 1.29 is 9.55 Å². The zero-order chi connectivity index (χ0) is 19.1. The minimum absolute atomic E-state index is 0.0921. The largest absolute Gasteiger partial charge is 0.367 e.